The van der Waals surface area contributed by atoms with Crippen LogP contribution in [0.2, 0.25) is 5.02 Å². The Morgan fingerprint density at radius 3 is 2.32 bits per heavy atom. The molecule has 0 aliphatic heterocycles. The average molecular weight is 455 g/mol. The predicted molar refractivity (Wildman–Crippen MR) is 120 cm³/mol. The molecule has 0 aliphatic rings. The smallest absolute Gasteiger partial charge is 0.279 e. The van der Waals surface area contributed by atoms with Crippen molar-refractivity contribution in [3.8, 4) is 27.9 Å². The molecule has 1 aromatic heterocycles. The Balaban J connectivity index is 1.91. The summed E-state index contributed by atoms with van der Waals surface area (Å²) < 4.78 is 34.9. The third-order valence-electron chi connectivity index (χ3n) is 4.72. The normalized spacial score (nSPS) is 12.0. The molecule has 1 N–H and O–H groups in total. The van der Waals surface area contributed by atoms with Gasteiger partial charge < -0.3 is 4.55 Å². The van der Waals surface area contributed by atoms with E-state index in [1.165, 1.54) is 16.8 Å². The van der Waals surface area contributed by atoms with Crippen molar-refractivity contribution in [1.29, 1.82) is 0 Å². The zero-order valence-electron chi connectivity index (χ0n) is 16.0. The maximum Gasteiger partial charge on any atom is 0.279 e. The Labute approximate surface area is 185 Å². The molecule has 4 aromatic rings. The van der Waals surface area contributed by atoms with Gasteiger partial charge in [-0.1, -0.05) is 54.1 Å². The van der Waals surface area contributed by atoms with Crippen LogP contribution in [-0.4, -0.2) is 18.5 Å². The molecule has 8 heteroatoms. The standard InChI is InChI=1S/C23H16ClFN2O3S/c24-18-2-1-3-20(12-18)27-23(28)22(17-8-10-19(25)11-9-17)21(13-26-27)16-6-4-15(5-7-16)14-31(29)30/h1-13H,14H2,(H,29,30). The van der Waals surface area contributed by atoms with Crippen molar-refractivity contribution >= 4 is 22.7 Å². The fourth-order valence-corrected chi connectivity index (χ4v) is 3.94. The Hall–Kier alpha value is -3.13. The van der Waals surface area contributed by atoms with Crippen molar-refractivity contribution in [2.75, 3.05) is 0 Å². The minimum Gasteiger partial charge on any atom is -0.306 e. The number of hydrogen-bond donors (Lipinski definition) is 1. The quantitative estimate of drug-likeness (QED) is 0.427. The van der Waals surface area contributed by atoms with Crippen LogP contribution >= 0.6 is 11.6 Å². The zero-order valence-corrected chi connectivity index (χ0v) is 17.6. The van der Waals surface area contributed by atoms with Crippen LogP contribution in [0.4, 0.5) is 4.39 Å². The van der Waals surface area contributed by atoms with Crippen molar-refractivity contribution in [3.63, 3.8) is 0 Å². The number of aromatic nitrogens is 2. The predicted octanol–water partition coefficient (Wildman–Crippen LogP) is 5.08. The highest BCUT2D eigenvalue weighted by Gasteiger charge is 2.16. The van der Waals surface area contributed by atoms with Crippen molar-refractivity contribution in [2.24, 2.45) is 0 Å². The minimum absolute atomic E-state index is 0.0136. The van der Waals surface area contributed by atoms with E-state index in [2.05, 4.69) is 5.10 Å². The van der Waals surface area contributed by atoms with E-state index < -0.39 is 16.9 Å². The Kier molecular flexibility index (Phi) is 6.08. The van der Waals surface area contributed by atoms with Crippen LogP contribution in [0.15, 0.2) is 83.8 Å². The molecule has 0 saturated heterocycles. The number of rotatable bonds is 5. The van der Waals surface area contributed by atoms with Crippen molar-refractivity contribution in [1.82, 2.24) is 9.78 Å². The first-order chi connectivity index (χ1) is 14.9. The van der Waals surface area contributed by atoms with Crippen LogP contribution in [0.5, 0.6) is 0 Å². The van der Waals surface area contributed by atoms with Gasteiger partial charge in [-0.3, -0.25) is 4.79 Å². The van der Waals surface area contributed by atoms with Gasteiger partial charge in [-0.05, 0) is 47.0 Å². The first kappa shape index (κ1) is 21.1. The largest absolute Gasteiger partial charge is 0.306 e. The summed E-state index contributed by atoms with van der Waals surface area (Å²) in [6, 6.07) is 19.4. The van der Waals surface area contributed by atoms with E-state index in [1.807, 2.05) is 0 Å². The molecule has 1 unspecified atom stereocenters. The third-order valence-corrected chi connectivity index (χ3v) is 5.53. The molecule has 31 heavy (non-hydrogen) atoms. The van der Waals surface area contributed by atoms with E-state index in [1.54, 1.807) is 66.9 Å². The van der Waals surface area contributed by atoms with Gasteiger partial charge in [0, 0.05) is 10.6 Å². The molecule has 0 bridgehead atoms. The van der Waals surface area contributed by atoms with Crippen LogP contribution in [0.25, 0.3) is 27.9 Å². The van der Waals surface area contributed by atoms with Crippen LogP contribution < -0.4 is 5.56 Å². The number of halogens is 2. The highest BCUT2D eigenvalue weighted by atomic mass is 35.5. The summed E-state index contributed by atoms with van der Waals surface area (Å²) in [6.45, 7) is 0. The molecule has 3 aromatic carbocycles. The topological polar surface area (TPSA) is 72.2 Å². The molecule has 0 spiro atoms. The molecular formula is C23H16ClFN2O3S. The number of hydrogen-bond acceptors (Lipinski definition) is 3. The van der Waals surface area contributed by atoms with E-state index in [9.17, 15) is 13.4 Å². The second kappa shape index (κ2) is 8.93. The summed E-state index contributed by atoms with van der Waals surface area (Å²) in [7, 11) is 0. The van der Waals surface area contributed by atoms with Crippen LogP contribution in [0.3, 0.4) is 0 Å². The van der Waals surface area contributed by atoms with Gasteiger partial charge in [0.1, 0.15) is 5.82 Å². The fraction of sp³-hybridized carbons (Fsp3) is 0.0435. The second-order valence-electron chi connectivity index (χ2n) is 6.80. The van der Waals surface area contributed by atoms with Gasteiger partial charge in [-0.2, -0.15) is 9.78 Å². The van der Waals surface area contributed by atoms with Gasteiger partial charge in [0.05, 0.1) is 23.2 Å². The lowest BCUT2D eigenvalue weighted by Gasteiger charge is -2.13. The molecule has 0 radical (unpaired) electrons. The van der Waals surface area contributed by atoms with Gasteiger partial charge in [0.2, 0.25) is 0 Å². The lowest BCUT2D eigenvalue weighted by molar-refractivity contribution is 0.563. The van der Waals surface area contributed by atoms with Crippen LogP contribution in [-0.2, 0) is 16.8 Å². The molecule has 0 fully saturated rings. The van der Waals surface area contributed by atoms with E-state index in [-0.39, 0.29) is 11.3 Å². The highest BCUT2D eigenvalue weighted by Crippen LogP contribution is 2.30. The van der Waals surface area contributed by atoms with Gasteiger partial charge in [0.25, 0.3) is 5.56 Å². The highest BCUT2D eigenvalue weighted by molar-refractivity contribution is 7.78. The molecule has 0 amide bonds. The van der Waals surface area contributed by atoms with Gasteiger partial charge >= 0.3 is 0 Å². The molecule has 0 aliphatic carbocycles. The maximum absolute atomic E-state index is 13.5. The van der Waals surface area contributed by atoms with Gasteiger partial charge in [0.15, 0.2) is 11.1 Å². The van der Waals surface area contributed by atoms with E-state index in [0.29, 0.717) is 38.5 Å². The lowest BCUT2D eigenvalue weighted by atomic mass is 9.96. The van der Waals surface area contributed by atoms with Crippen LogP contribution in [0.1, 0.15) is 5.56 Å². The zero-order chi connectivity index (χ0) is 22.0. The third kappa shape index (κ3) is 4.64. The van der Waals surface area contributed by atoms with Crippen molar-refractivity contribution in [2.45, 2.75) is 5.75 Å². The first-order valence-corrected chi connectivity index (χ1v) is 10.9. The Bertz CT molecular complexity index is 1320. The van der Waals surface area contributed by atoms with Crippen molar-refractivity contribution in [3.05, 3.63) is 106 Å². The van der Waals surface area contributed by atoms with Gasteiger partial charge in [-0.25, -0.2) is 8.60 Å². The summed E-state index contributed by atoms with van der Waals surface area (Å²) >= 11 is 4.13. The van der Waals surface area contributed by atoms with Crippen LogP contribution in [0, 0.1) is 5.82 Å². The molecule has 4 rings (SSSR count). The summed E-state index contributed by atoms with van der Waals surface area (Å²) in [5.74, 6) is -0.393. The second-order valence-corrected chi connectivity index (χ2v) is 8.17. The Morgan fingerprint density at radius 2 is 1.68 bits per heavy atom. The van der Waals surface area contributed by atoms with Gasteiger partial charge in [-0.15, -0.1) is 0 Å². The molecule has 5 nitrogen and oxygen atoms in total. The lowest BCUT2D eigenvalue weighted by Crippen LogP contribution is -2.23. The summed E-state index contributed by atoms with van der Waals surface area (Å²) in [4.78, 5) is 13.5. The fourth-order valence-electron chi connectivity index (χ4n) is 3.28. The number of benzene rings is 3. The molecule has 156 valence electrons. The summed E-state index contributed by atoms with van der Waals surface area (Å²) in [6.07, 6.45) is 1.57. The minimum atomic E-state index is -1.95. The average Bonchev–Trinajstić information content (AvgIpc) is 2.74. The SMILES string of the molecule is O=c1c(-c2ccc(F)cc2)c(-c2ccc(CS(=O)O)cc2)cnn1-c1cccc(Cl)c1. The monoisotopic (exact) mass is 454 g/mol. The van der Waals surface area contributed by atoms with Crippen molar-refractivity contribution < 1.29 is 13.2 Å². The Morgan fingerprint density at radius 1 is 1.00 bits per heavy atom. The summed E-state index contributed by atoms with van der Waals surface area (Å²) in [5.41, 5.74) is 2.98. The van der Waals surface area contributed by atoms with E-state index >= 15 is 0 Å². The molecule has 1 heterocycles. The molecular weight excluding hydrogens is 439 g/mol. The number of nitrogens with zero attached hydrogens (tertiary/aromatic N) is 2. The van der Waals surface area contributed by atoms with E-state index in [4.69, 9.17) is 16.2 Å². The first-order valence-electron chi connectivity index (χ1n) is 9.23. The van der Waals surface area contributed by atoms with E-state index in [0.717, 1.165) is 0 Å². The summed E-state index contributed by atoms with van der Waals surface area (Å²) in [5, 5.41) is 4.79. The molecule has 0 saturated carbocycles. The molecule has 1 atom stereocenters. The maximum atomic E-state index is 13.5.